The number of hydrogen-bond acceptors (Lipinski definition) is 2. The number of hydrogen-bond donors (Lipinski definition) is 1. The molecule has 1 aliphatic rings. The summed E-state index contributed by atoms with van der Waals surface area (Å²) in [6, 6.07) is 15.8. The minimum Gasteiger partial charge on any atom is -0.371 e. The van der Waals surface area contributed by atoms with Crippen molar-refractivity contribution in [2.24, 2.45) is 0 Å². The first kappa shape index (κ1) is 9.82. The van der Waals surface area contributed by atoms with Crippen LogP contribution in [0.25, 0.3) is 10.8 Å². The molecule has 2 aromatic rings. The van der Waals surface area contributed by atoms with Crippen molar-refractivity contribution in [2.45, 2.75) is 6.10 Å². The van der Waals surface area contributed by atoms with Gasteiger partial charge in [0.05, 0.1) is 12.7 Å². The van der Waals surface area contributed by atoms with Gasteiger partial charge >= 0.3 is 0 Å². The van der Waals surface area contributed by atoms with Gasteiger partial charge in [-0.15, -0.1) is 0 Å². The highest BCUT2D eigenvalue weighted by atomic mass is 16.5. The van der Waals surface area contributed by atoms with Gasteiger partial charge in [0.1, 0.15) is 0 Å². The number of rotatable bonds is 1. The number of nitrogens with one attached hydrogen (secondary N) is 1. The summed E-state index contributed by atoms with van der Waals surface area (Å²) in [4.78, 5) is 0. The van der Waals surface area contributed by atoms with Crippen LogP contribution < -0.4 is 5.32 Å². The largest absolute Gasteiger partial charge is 0.371 e. The van der Waals surface area contributed by atoms with E-state index in [1.165, 1.54) is 10.9 Å². The van der Waals surface area contributed by atoms with Crippen LogP contribution in [-0.4, -0.2) is 19.7 Å². The maximum absolute atomic E-state index is 5.73. The molecule has 0 aromatic heterocycles. The lowest BCUT2D eigenvalue weighted by Crippen LogP contribution is -2.33. The summed E-state index contributed by atoms with van der Waals surface area (Å²) < 4.78 is 5.73. The van der Waals surface area contributed by atoms with Gasteiger partial charge in [-0.1, -0.05) is 24.3 Å². The van der Waals surface area contributed by atoms with Crippen LogP contribution >= 0.6 is 0 Å². The Bertz CT molecular complexity index is 489. The van der Waals surface area contributed by atoms with Gasteiger partial charge in [-0.05, 0) is 34.5 Å². The van der Waals surface area contributed by atoms with E-state index >= 15 is 0 Å². The average molecular weight is 212 g/mol. The molecule has 1 fully saturated rings. The van der Waals surface area contributed by atoms with Gasteiger partial charge in [-0.25, -0.2) is 0 Å². The molecule has 2 nitrogen and oxygen atoms in total. The molecular formula is C14H14NO. The molecule has 0 aliphatic carbocycles. The molecule has 1 atom stereocenters. The smallest absolute Gasteiger partial charge is 0.0950 e. The quantitative estimate of drug-likeness (QED) is 0.783. The van der Waals surface area contributed by atoms with Crippen molar-refractivity contribution >= 4 is 10.8 Å². The lowest BCUT2D eigenvalue weighted by atomic mass is 10.0. The van der Waals surface area contributed by atoms with Gasteiger partial charge in [0.15, 0.2) is 0 Å². The van der Waals surface area contributed by atoms with Crippen molar-refractivity contribution in [1.82, 2.24) is 5.32 Å². The maximum atomic E-state index is 5.73. The fraction of sp³-hybridized carbons (Fsp3) is 0.286. The normalized spacial score (nSPS) is 21.1. The Morgan fingerprint density at radius 1 is 1.31 bits per heavy atom. The number of benzene rings is 2. The number of ether oxygens (including phenoxy) is 1. The molecular weight excluding hydrogens is 198 g/mol. The fourth-order valence-corrected chi connectivity index (χ4v) is 2.10. The first-order valence-electron chi connectivity index (χ1n) is 5.66. The molecule has 1 saturated heterocycles. The van der Waals surface area contributed by atoms with Crippen molar-refractivity contribution < 1.29 is 4.74 Å². The number of morpholine rings is 1. The minimum absolute atomic E-state index is 0.176. The molecule has 0 bridgehead atoms. The van der Waals surface area contributed by atoms with E-state index in [0.717, 1.165) is 25.1 Å². The Hall–Kier alpha value is -1.38. The molecule has 0 saturated carbocycles. The highest BCUT2D eigenvalue weighted by Crippen LogP contribution is 2.22. The first-order valence-corrected chi connectivity index (χ1v) is 5.66. The number of fused-ring (bicyclic) bond motifs is 1. The average Bonchev–Trinajstić information content (AvgIpc) is 2.39. The second-order valence-electron chi connectivity index (χ2n) is 4.08. The summed E-state index contributed by atoms with van der Waals surface area (Å²) in [6.07, 6.45) is 0.176. The van der Waals surface area contributed by atoms with Crippen LogP contribution in [-0.2, 0) is 4.74 Å². The molecule has 16 heavy (non-hydrogen) atoms. The predicted octanol–water partition coefficient (Wildman–Crippen LogP) is 2.30. The van der Waals surface area contributed by atoms with Crippen molar-refractivity contribution in [3.8, 4) is 0 Å². The maximum Gasteiger partial charge on any atom is 0.0950 e. The van der Waals surface area contributed by atoms with Crippen LogP contribution in [0.15, 0.2) is 36.4 Å². The molecule has 1 unspecified atom stereocenters. The zero-order valence-corrected chi connectivity index (χ0v) is 9.07. The van der Waals surface area contributed by atoms with Crippen LogP contribution in [0.4, 0.5) is 0 Å². The van der Waals surface area contributed by atoms with E-state index in [1.54, 1.807) is 0 Å². The molecule has 2 aromatic carbocycles. The lowest BCUT2D eigenvalue weighted by Gasteiger charge is -2.24. The van der Waals surface area contributed by atoms with Gasteiger partial charge in [0.2, 0.25) is 0 Å². The van der Waals surface area contributed by atoms with Crippen LogP contribution in [0.5, 0.6) is 0 Å². The summed E-state index contributed by atoms with van der Waals surface area (Å²) in [6.45, 7) is 2.64. The summed E-state index contributed by atoms with van der Waals surface area (Å²) >= 11 is 0. The molecule has 1 N–H and O–H groups in total. The summed E-state index contributed by atoms with van der Waals surface area (Å²) in [5, 5.41) is 5.74. The molecule has 1 heterocycles. The summed E-state index contributed by atoms with van der Waals surface area (Å²) in [5.41, 5.74) is 1.21. The Balaban J connectivity index is 1.97. The van der Waals surface area contributed by atoms with Gasteiger partial charge in [0.25, 0.3) is 0 Å². The van der Waals surface area contributed by atoms with Crippen molar-refractivity contribution in [3.63, 3.8) is 0 Å². The SMILES string of the molecule is [c]1cc(C2CNCCO2)cc2ccccc12. The van der Waals surface area contributed by atoms with Gasteiger partial charge in [0, 0.05) is 13.1 Å². The van der Waals surface area contributed by atoms with E-state index in [0.29, 0.717) is 0 Å². The Morgan fingerprint density at radius 3 is 3.12 bits per heavy atom. The highest BCUT2D eigenvalue weighted by Gasteiger charge is 2.15. The molecule has 3 rings (SSSR count). The second kappa shape index (κ2) is 4.24. The van der Waals surface area contributed by atoms with E-state index in [2.05, 4.69) is 35.6 Å². The molecule has 0 amide bonds. The van der Waals surface area contributed by atoms with Gasteiger partial charge < -0.3 is 10.1 Å². The first-order chi connectivity index (χ1) is 7.93. The third-order valence-electron chi connectivity index (χ3n) is 2.98. The Morgan fingerprint density at radius 2 is 2.25 bits per heavy atom. The standard InChI is InChI=1S/C14H14NO/c1-2-4-12-9-13(6-5-11(12)3-1)14-10-15-7-8-16-14/h1-4,6,9,14-15H,7-8,10H2. The van der Waals surface area contributed by atoms with E-state index in [-0.39, 0.29) is 6.10 Å². The molecule has 0 spiro atoms. The van der Waals surface area contributed by atoms with E-state index < -0.39 is 0 Å². The lowest BCUT2D eigenvalue weighted by molar-refractivity contribution is 0.0278. The van der Waals surface area contributed by atoms with Gasteiger partial charge in [-0.2, -0.15) is 0 Å². The molecule has 1 radical (unpaired) electrons. The zero-order chi connectivity index (χ0) is 10.8. The fourth-order valence-electron chi connectivity index (χ4n) is 2.10. The van der Waals surface area contributed by atoms with E-state index in [4.69, 9.17) is 4.74 Å². The van der Waals surface area contributed by atoms with Crippen molar-refractivity contribution in [1.29, 1.82) is 0 Å². The highest BCUT2D eigenvalue weighted by molar-refractivity contribution is 5.82. The van der Waals surface area contributed by atoms with E-state index in [1.807, 2.05) is 12.1 Å². The Labute approximate surface area is 95.2 Å². The monoisotopic (exact) mass is 212 g/mol. The van der Waals surface area contributed by atoms with Crippen molar-refractivity contribution in [3.05, 3.63) is 48.0 Å². The summed E-state index contributed by atoms with van der Waals surface area (Å²) in [7, 11) is 0. The van der Waals surface area contributed by atoms with Crippen LogP contribution in [0.2, 0.25) is 0 Å². The molecule has 2 heteroatoms. The Kier molecular flexibility index (Phi) is 2.60. The second-order valence-corrected chi connectivity index (χ2v) is 4.08. The van der Waals surface area contributed by atoms with Crippen LogP contribution in [0.3, 0.4) is 0 Å². The molecule has 81 valence electrons. The van der Waals surface area contributed by atoms with Crippen LogP contribution in [0.1, 0.15) is 11.7 Å². The predicted molar refractivity (Wildman–Crippen MR) is 64.3 cm³/mol. The molecule has 1 aliphatic heterocycles. The van der Waals surface area contributed by atoms with Gasteiger partial charge in [-0.3, -0.25) is 0 Å². The van der Waals surface area contributed by atoms with Crippen molar-refractivity contribution in [2.75, 3.05) is 19.7 Å². The third-order valence-corrected chi connectivity index (χ3v) is 2.98. The third kappa shape index (κ3) is 1.82. The topological polar surface area (TPSA) is 21.3 Å². The van der Waals surface area contributed by atoms with Crippen LogP contribution in [0, 0.1) is 6.07 Å². The van der Waals surface area contributed by atoms with E-state index in [9.17, 15) is 0 Å². The minimum atomic E-state index is 0.176. The zero-order valence-electron chi connectivity index (χ0n) is 9.07. The summed E-state index contributed by atoms with van der Waals surface area (Å²) in [5.74, 6) is 0.